The van der Waals surface area contributed by atoms with Gasteiger partial charge in [-0.3, -0.25) is 4.98 Å². The highest BCUT2D eigenvalue weighted by Gasteiger charge is 2.33. The van der Waals surface area contributed by atoms with E-state index in [9.17, 15) is 5.11 Å². The van der Waals surface area contributed by atoms with Crippen molar-refractivity contribution in [2.75, 3.05) is 0 Å². The third-order valence-electron chi connectivity index (χ3n) is 3.41. The van der Waals surface area contributed by atoms with Crippen LogP contribution in [-0.4, -0.2) is 15.7 Å². The van der Waals surface area contributed by atoms with E-state index in [1.807, 2.05) is 24.3 Å². The lowest BCUT2D eigenvalue weighted by molar-refractivity contribution is 0.101. The second-order valence-corrected chi connectivity index (χ2v) is 5.63. The van der Waals surface area contributed by atoms with E-state index in [2.05, 4.69) is 18.8 Å². The van der Waals surface area contributed by atoms with Gasteiger partial charge in [0.05, 0.1) is 0 Å². The smallest absolute Gasteiger partial charge is 0.131 e. The first-order valence-corrected chi connectivity index (χ1v) is 6.67. The maximum atomic E-state index is 9.42. The lowest BCUT2D eigenvalue weighted by Crippen LogP contribution is -2.17. The highest BCUT2D eigenvalue weighted by molar-refractivity contribution is 5.90. The molecule has 1 aromatic carbocycles. The van der Waals surface area contributed by atoms with Gasteiger partial charge in [-0.05, 0) is 55.8 Å². The van der Waals surface area contributed by atoms with Gasteiger partial charge in [-0.25, -0.2) is 0 Å². The van der Waals surface area contributed by atoms with Crippen LogP contribution in [0.4, 0.5) is 0 Å². The first-order valence-electron chi connectivity index (χ1n) is 6.67. The molecule has 1 N–H and O–H groups in total. The molecular formula is C17H17NO2. The summed E-state index contributed by atoms with van der Waals surface area (Å²) in [7, 11) is 0. The summed E-state index contributed by atoms with van der Waals surface area (Å²) in [5.74, 6) is 1.15. The topological polar surface area (TPSA) is 42.4 Å². The van der Waals surface area contributed by atoms with Crippen molar-refractivity contribution in [3.63, 3.8) is 0 Å². The van der Waals surface area contributed by atoms with E-state index in [1.165, 1.54) is 5.57 Å². The highest BCUT2D eigenvalue weighted by Crippen LogP contribution is 2.43. The number of nitrogens with zero attached hydrogens (tertiary/aromatic N) is 1. The number of benzene rings is 1. The molecule has 0 amide bonds. The van der Waals surface area contributed by atoms with Gasteiger partial charge >= 0.3 is 0 Å². The van der Waals surface area contributed by atoms with Crippen LogP contribution in [0.25, 0.3) is 11.3 Å². The highest BCUT2D eigenvalue weighted by atomic mass is 16.5. The normalized spacial score (nSPS) is 17.1. The number of hydrogen-bond acceptors (Lipinski definition) is 3. The van der Waals surface area contributed by atoms with Gasteiger partial charge in [0.1, 0.15) is 17.1 Å². The van der Waals surface area contributed by atoms with Crippen LogP contribution in [0.2, 0.25) is 0 Å². The summed E-state index contributed by atoms with van der Waals surface area (Å²) in [6, 6.07) is 11.1. The zero-order chi connectivity index (χ0) is 14.2. The number of rotatable bonds is 2. The summed E-state index contributed by atoms with van der Waals surface area (Å²) in [5, 5.41) is 9.42. The molecule has 2 heterocycles. The molecule has 0 atom stereocenters. The zero-order valence-electron chi connectivity index (χ0n) is 11.6. The fourth-order valence-corrected chi connectivity index (χ4v) is 2.51. The van der Waals surface area contributed by atoms with Crippen molar-refractivity contribution in [3.05, 3.63) is 59.9 Å². The van der Waals surface area contributed by atoms with Crippen molar-refractivity contribution >= 4 is 11.3 Å². The van der Waals surface area contributed by atoms with E-state index in [0.717, 1.165) is 23.3 Å². The Labute approximate surface area is 118 Å². The summed E-state index contributed by atoms with van der Waals surface area (Å²) in [6.07, 6.45) is 4.44. The molecule has 0 saturated carbocycles. The van der Waals surface area contributed by atoms with Crippen LogP contribution < -0.4 is 0 Å². The van der Waals surface area contributed by atoms with Crippen LogP contribution in [0.15, 0.2) is 48.8 Å². The Morgan fingerprint density at radius 3 is 2.30 bits per heavy atom. The molecule has 3 nitrogen and oxygen atoms in total. The van der Waals surface area contributed by atoms with E-state index in [4.69, 9.17) is 4.74 Å². The Hall–Kier alpha value is -2.29. The largest absolute Gasteiger partial charge is 0.508 e. The van der Waals surface area contributed by atoms with Gasteiger partial charge in [-0.15, -0.1) is 0 Å². The van der Waals surface area contributed by atoms with Crippen LogP contribution in [0.3, 0.4) is 0 Å². The maximum Gasteiger partial charge on any atom is 0.131 e. The summed E-state index contributed by atoms with van der Waals surface area (Å²) in [5.41, 5.74) is 3.09. The van der Waals surface area contributed by atoms with Crippen molar-refractivity contribution in [2.24, 2.45) is 0 Å². The van der Waals surface area contributed by atoms with Crippen LogP contribution in [0, 0.1) is 0 Å². The molecule has 1 aromatic heterocycles. The predicted molar refractivity (Wildman–Crippen MR) is 78.9 cm³/mol. The fourth-order valence-electron chi connectivity index (χ4n) is 2.51. The van der Waals surface area contributed by atoms with Gasteiger partial charge in [-0.1, -0.05) is 0 Å². The lowest BCUT2D eigenvalue weighted by atomic mass is 9.95. The van der Waals surface area contributed by atoms with Crippen molar-refractivity contribution < 1.29 is 9.84 Å². The molecule has 0 unspecified atom stereocenters. The molecule has 1 aliphatic heterocycles. The fraction of sp³-hybridized carbons (Fsp3) is 0.235. The molecular weight excluding hydrogens is 250 g/mol. The third-order valence-corrected chi connectivity index (χ3v) is 3.41. The summed E-state index contributed by atoms with van der Waals surface area (Å²) >= 11 is 0. The van der Waals surface area contributed by atoms with Crippen LogP contribution in [0.1, 0.15) is 31.4 Å². The van der Waals surface area contributed by atoms with Gasteiger partial charge < -0.3 is 9.84 Å². The molecule has 0 bridgehead atoms. The zero-order valence-corrected chi connectivity index (χ0v) is 11.6. The number of aromatic hydroxyl groups is 1. The number of phenolic OH excluding ortho intramolecular Hbond substituents is 1. The third kappa shape index (κ3) is 2.39. The number of hydrogen-bond donors (Lipinski definition) is 1. The van der Waals surface area contributed by atoms with E-state index in [0.29, 0.717) is 0 Å². The molecule has 0 radical (unpaired) electrons. The summed E-state index contributed by atoms with van der Waals surface area (Å²) < 4.78 is 6.12. The van der Waals surface area contributed by atoms with Crippen molar-refractivity contribution in [1.29, 1.82) is 0 Å². The van der Waals surface area contributed by atoms with Gasteiger partial charge in [0, 0.05) is 30.0 Å². The quantitative estimate of drug-likeness (QED) is 0.898. The molecule has 0 saturated heterocycles. The lowest BCUT2D eigenvalue weighted by Gasteiger charge is -2.19. The summed E-state index contributed by atoms with van der Waals surface area (Å²) in [4.78, 5) is 4.07. The van der Waals surface area contributed by atoms with Crippen LogP contribution in [-0.2, 0) is 4.74 Å². The molecule has 3 rings (SSSR count). The maximum absolute atomic E-state index is 9.42. The number of pyridine rings is 1. The minimum Gasteiger partial charge on any atom is -0.508 e. The van der Waals surface area contributed by atoms with Crippen molar-refractivity contribution in [2.45, 2.75) is 25.9 Å². The number of ether oxygens (including phenoxy) is 1. The molecule has 3 heteroatoms. The first kappa shape index (κ1) is 12.7. The standard InChI is InChI=1S/C17H17NO2/c1-17(2)11-15(12-7-9-18-10-8-12)16(20-17)13-3-5-14(19)6-4-13/h3-10,19H,11H2,1-2H3. The second-order valence-electron chi connectivity index (χ2n) is 5.63. The monoisotopic (exact) mass is 267 g/mol. The van der Waals surface area contributed by atoms with Crippen LogP contribution >= 0.6 is 0 Å². The van der Waals surface area contributed by atoms with Gasteiger partial charge in [-0.2, -0.15) is 0 Å². The Bertz CT molecular complexity index is 642. The van der Waals surface area contributed by atoms with E-state index in [-0.39, 0.29) is 11.4 Å². The average Bonchev–Trinajstić information content (AvgIpc) is 2.77. The SMILES string of the molecule is CC1(C)CC(c2ccncc2)=C(c2ccc(O)cc2)O1. The molecule has 0 aliphatic carbocycles. The van der Waals surface area contributed by atoms with E-state index < -0.39 is 0 Å². The van der Waals surface area contributed by atoms with Gasteiger partial charge in [0.25, 0.3) is 0 Å². The van der Waals surface area contributed by atoms with Crippen LogP contribution in [0.5, 0.6) is 5.75 Å². The van der Waals surface area contributed by atoms with Gasteiger partial charge in [0.2, 0.25) is 0 Å². The molecule has 0 spiro atoms. The summed E-state index contributed by atoms with van der Waals surface area (Å²) in [6.45, 7) is 4.17. The number of phenols is 1. The molecule has 0 fully saturated rings. The molecule has 20 heavy (non-hydrogen) atoms. The number of aromatic nitrogens is 1. The Morgan fingerprint density at radius 2 is 1.65 bits per heavy atom. The van der Waals surface area contributed by atoms with E-state index in [1.54, 1.807) is 24.5 Å². The minimum absolute atomic E-state index is 0.216. The first-order chi connectivity index (χ1) is 9.55. The Kier molecular flexibility index (Phi) is 2.97. The van der Waals surface area contributed by atoms with Gasteiger partial charge in [0.15, 0.2) is 0 Å². The average molecular weight is 267 g/mol. The second kappa shape index (κ2) is 4.67. The Morgan fingerprint density at radius 1 is 1.00 bits per heavy atom. The predicted octanol–water partition coefficient (Wildman–Crippen LogP) is 3.85. The van der Waals surface area contributed by atoms with Crippen molar-refractivity contribution in [1.82, 2.24) is 4.98 Å². The molecule has 1 aliphatic rings. The Balaban J connectivity index is 2.10. The molecule has 102 valence electrons. The van der Waals surface area contributed by atoms with Crippen molar-refractivity contribution in [3.8, 4) is 5.75 Å². The van der Waals surface area contributed by atoms with E-state index >= 15 is 0 Å². The minimum atomic E-state index is -0.216. The molecule has 2 aromatic rings.